The lowest BCUT2D eigenvalue weighted by molar-refractivity contribution is -0.136. The summed E-state index contributed by atoms with van der Waals surface area (Å²) in [6, 6.07) is 0.303. The van der Waals surface area contributed by atoms with E-state index >= 15 is 0 Å². The summed E-state index contributed by atoms with van der Waals surface area (Å²) < 4.78 is 1.70. The molecule has 0 saturated heterocycles. The standard InChI is InChI=1S/C12H17N3O3/c1-2-14(7-5-10(16)17)11-12(18)15(8-6-13-11)9-3-4-9/h6,8-9H,2-5,7H2,1H3,(H,16,17). The fourth-order valence-electron chi connectivity index (χ4n) is 1.92. The van der Waals surface area contributed by atoms with Gasteiger partial charge in [-0.05, 0) is 19.8 Å². The molecule has 1 aliphatic carbocycles. The Kier molecular flexibility index (Phi) is 3.64. The second-order valence-electron chi connectivity index (χ2n) is 4.42. The first-order chi connectivity index (χ1) is 8.63. The van der Waals surface area contributed by atoms with E-state index in [0.29, 0.717) is 24.9 Å². The molecule has 6 heteroatoms. The molecule has 1 aromatic heterocycles. The molecule has 0 amide bonds. The van der Waals surface area contributed by atoms with E-state index in [0.717, 1.165) is 12.8 Å². The molecule has 0 bridgehead atoms. The van der Waals surface area contributed by atoms with Crippen molar-refractivity contribution in [1.29, 1.82) is 0 Å². The summed E-state index contributed by atoms with van der Waals surface area (Å²) in [6.45, 7) is 2.77. The molecular weight excluding hydrogens is 234 g/mol. The summed E-state index contributed by atoms with van der Waals surface area (Å²) in [5.74, 6) is -0.514. The van der Waals surface area contributed by atoms with Crippen molar-refractivity contribution in [3.63, 3.8) is 0 Å². The Balaban J connectivity index is 2.22. The Morgan fingerprint density at radius 3 is 2.89 bits per heavy atom. The minimum absolute atomic E-state index is 0.00723. The number of hydrogen-bond acceptors (Lipinski definition) is 4. The molecule has 1 N–H and O–H groups in total. The zero-order valence-electron chi connectivity index (χ0n) is 10.4. The van der Waals surface area contributed by atoms with Crippen LogP contribution in [0.4, 0.5) is 5.82 Å². The van der Waals surface area contributed by atoms with Crippen molar-refractivity contribution < 1.29 is 9.90 Å². The molecule has 1 aromatic rings. The predicted molar refractivity (Wildman–Crippen MR) is 66.9 cm³/mol. The molecule has 6 nitrogen and oxygen atoms in total. The van der Waals surface area contributed by atoms with Crippen LogP contribution in [0.1, 0.15) is 32.2 Å². The molecule has 18 heavy (non-hydrogen) atoms. The fourth-order valence-corrected chi connectivity index (χ4v) is 1.92. The maximum Gasteiger partial charge on any atom is 0.305 e. The van der Waals surface area contributed by atoms with Crippen LogP contribution in [0.2, 0.25) is 0 Å². The Morgan fingerprint density at radius 1 is 1.61 bits per heavy atom. The third kappa shape index (κ3) is 2.69. The highest BCUT2D eigenvalue weighted by Crippen LogP contribution is 2.33. The third-order valence-corrected chi connectivity index (χ3v) is 3.07. The van der Waals surface area contributed by atoms with Crippen LogP contribution in [-0.4, -0.2) is 33.7 Å². The number of carbonyl (C=O) groups is 1. The van der Waals surface area contributed by atoms with Crippen LogP contribution < -0.4 is 10.5 Å². The van der Waals surface area contributed by atoms with Gasteiger partial charge in [-0.1, -0.05) is 0 Å². The number of anilines is 1. The van der Waals surface area contributed by atoms with Gasteiger partial charge in [-0.2, -0.15) is 0 Å². The summed E-state index contributed by atoms with van der Waals surface area (Å²) in [4.78, 5) is 28.6. The lowest BCUT2D eigenvalue weighted by atomic mass is 10.3. The van der Waals surface area contributed by atoms with Gasteiger partial charge in [0.15, 0.2) is 5.82 Å². The molecular formula is C12H17N3O3. The number of hydrogen-bond donors (Lipinski definition) is 1. The number of carboxylic acids is 1. The maximum absolute atomic E-state index is 12.2. The van der Waals surface area contributed by atoms with E-state index in [1.807, 2.05) is 6.92 Å². The van der Waals surface area contributed by atoms with E-state index < -0.39 is 5.97 Å². The lowest BCUT2D eigenvalue weighted by Gasteiger charge is -2.20. The van der Waals surface area contributed by atoms with Gasteiger partial charge in [-0.3, -0.25) is 9.59 Å². The van der Waals surface area contributed by atoms with Crippen LogP contribution in [0.5, 0.6) is 0 Å². The monoisotopic (exact) mass is 251 g/mol. The van der Waals surface area contributed by atoms with Crippen molar-refractivity contribution in [1.82, 2.24) is 9.55 Å². The van der Waals surface area contributed by atoms with Gasteiger partial charge < -0.3 is 14.6 Å². The van der Waals surface area contributed by atoms with Crippen LogP contribution >= 0.6 is 0 Å². The number of nitrogens with zero attached hydrogens (tertiary/aromatic N) is 3. The predicted octanol–water partition coefficient (Wildman–Crippen LogP) is 0.879. The molecule has 0 unspecified atom stereocenters. The SMILES string of the molecule is CCN(CCC(=O)O)c1nccn(C2CC2)c1=O. The van der Waals surface area contributed by atoms with Gasteiger partial charge in [0.2, 0.25) is 0 Å². The van der Waals surface area contributed by atoms with Crippen LogP contribution in [0, 0.1) is 0 Å². The fraction of sp³-hybridized carbons (Fsp3) is 0.583. The number of aromatic nitrogens is 2. The van der Waals surface area contributed by atoms with Crippen molar-refractivity contribution in [2.24, 2.45) is 0 Å². The van der Waals surface area contributed by atoms with E-state index in [4.69, 9.17) is 5.11 Å². The van der Waals surface area contributed by atoms with Gasteiger partial charge in [-0.15, -0.1) is 0 Å². The summed E-state index contributed by atoms with van der Waals surface area (Å²) >= 11 is 0. The normalized spacial score (nSPS) is 14.5. The van der Waals surface area contributed by atoms with Crippen LogP contribution in [0.15, 0.2) is 17.2 Å². The van der Waals surface area contributed by atoms with Gasteiger partial charge in [0, 0.05) is 31.5 Å². The third-order valence-electron chi connectivity index (χ3n) is 3.07. The Morgan fingerprint density at radius 2 is 2.33 bits per heavy atom. The Hall–Kier alpha value is -1.85. The highest BCUT2D eigenvalue weighted by molar-refractivity contribution is 5.67. The molecule has 1 fully saturated rings. The quantitative estimate of drug-likeness (QED) is 0.812. The van der Waals surface area contributed by atoms with Crippen molar-refractivity contribution >= 4 is 11.8 Å². The van der Waals surface area contributed by atoms with E-state index in [1.54, 1.807) is 21.9 Å². The van der Waals surface area contributed by atoms with Crippen LogP contribution in [0.25, 0.3) is 0 Å². The van der Waals surface area contributed by atoms with Crippen LogP contribution in [0.3, 0.4) is 0 Å². The average Bonchev–Trinajstić information content (AvgIpc) is 3.15. The van der Waals surface area contributed by atoms with Crippen LogP contribution in [-0.2, 0) is 4.79 Å². The van der Waals surface area contributed by atoms with Gasteiger partial charge in [-0.25, -0.2) is 4.98 Å². The molecule has 0 radical (unpaired) electrons. The van der Waals surface area contributed by atoms with E-state index in [2.05, 4.69) is 4.98 Å². The van der Waals surface area contributed by atoms with Crippen molar-refractivity contribution in [3.05, 3.63) is 22.7 Å². The topological polar surface area (TPSA) is 75.4 Å². The highest BCUT2D eigenvalue weighted by Gasteiger charge is 2.26. The maximum atomic E-state index is 12.2. The van der Waals surface area contributed by atoms with E-state index in [1.165, 1.54) is 0 Å². The lowest BCUT2D eigenvalue weighted by Crippen LogP contribution is -2.34. The molecule has 1 saturated carbocycles. The summed E-state index contributed by atoms with van der Waals surface area (Å²) in [6.07, 6.45) is 5.38. The number of aliphatic carboxylic acids is 1. The smallest absolute Gasteiger partial charge is 0.305 e. The van der Waals surface area contributed by atoms with Gasteiger partial charge in [0.25, 0.3) is 5.56 Å². The first kappa shape index (κ1) is 12.6. The zero-order valence-corrected chi connectivity index (χ0v) is 10.4. The van der Waals surface area contributed by atoms with Gasteiger partial charge >= 0.3 is 5.97 Å². The van der Waals surface area contributed by atoms with Crippen molar-refractivity contribution in [3.8, 4) is 0 Å². The molecule has 0 aromatic carbocycles. The van der Waals surface area contributed by atoms with E-state index in [-0.39, 0.29) is 12.0 Å². The minimum Gasteiger partial charge on any atom is -0.481 e. The van der Waals surface area contributed by atoms with Gasteiger partial charge in [0.05, 0.1) is 6.42 Å². The molecule has 0 atom stereocenters. The first-order valence-corrected chi connectivity index (χ1v) is 6.17. The summed E-state index contributed by atoms with van der Waals surface area (Å²) in [7, 11) is 0. The first-order valence-electron chi connectivity index (χ1n) is 6.17. The molecule has 0 spiro atoms. The van der Waals surface area contributed by atoms with Gasteiger partial charge in [0.1, 0.15) is 0 Å². The second-order valence-corrected chi connectivity index (χ2v) is 4.42. The largest absolute Gasteiger partial charge is 0.481 e. The van der Waals surface area contributed by atoms with E-state index in [9.17, 15) is 9.59 Å². The summed E-state index contributed by atoms with van der Waals surface area (Å²) in [5, 5.41) is 8.70. The molecule has 98 valence electrons. The molecule has 2 rings (SSSR count). The molecule has 1 aliphatic rings. The minimum atomic E-state index is -0.869. The highest BCUT2D eigenvalue weighted by atomic mass is 16.4. The van der Waals surface area contributed by atoms with Crippen molar-refractivity contribution in [2.45, 2.75) is 32.2 Å². The zero-order chi connectivity index (χ0) is 13.1. The molecule has 1 heterocycles. The Bertz CT molecular complexity index is 494. The average molecular weight is 251 g/mol. The number of carboxylic acid groups (broad SMARTS) is 1. The second kappa shape index (κ2) is 5.20. The summed E-state index contributed by atoms with van der Waals surface area (Å²) in [5.41, 5.74) is -0.118. The Labute approximate surface area is 105 Å². The molecule has 0 aliphatic heterocycles. The van der Waals surface area contributed by atoms with Crippen molar-refractivity contribution in [2.75, 3.05) is 18.0 Å². The number of rotatable bonds is 6.